The number of amides is 1. The van der Waals surface area contributed by atoms with Crippen LogP contribution in [-0.2, 0) is 12.7 Å². The van der Waals surface area contributed by atoms with Crippen LogP contribution in [0.1, 0.15) is 21.5 Å². The van der Waals surface area contributed by atoms with Crippen LogP contribution in [0, 0.1) is 5.82 Å². The lowest BCUT2D eigenvalue weighted by atomic mass is 10.1. The number of alkyl halides is 3. The van der Waals surface area contributed by atoms with Crippen LogP contribution in [0.5, 0.6) is 5.75 Å². The van der Waals surface area contributed by atoms with E-state index in [1.807, 2.05) is 0 Å². The molecular formula is C17H11F4N3O3. The molecule has 0 aliphatic carbocycles. The van der Waals surface area contributed by atoms with Gasteiger partial charge in [0.05, 0.1) is 5.56 Å². The highest BCUT2D eigenvalue weighted by atomic mass is 19.4. The average molecular weight is 381 g/mol. The molecule has 2 heterocycles. The highest BCUT2D eigenvalue weighted by molar-refractivity contribution is 5.93. The Hall–Kier alpha value is -3.43. The van der Waals surface area contributed by atoms with E-state index in [2.05, 4.69) is 10.3 Å². The lowest BCUT2D eigenvalue weighted by molar-refractivity contribution is -0.137. The van der Waals surface area contributed by atoms with Gasteiger partial charge >= 0.3 is 6.18 Å². The number of nitrogens with zero attached hydrogens (tertiary/aromatic N) is 2. The molecule has 6 nitrogen and oxygen atoms in total. The fourth-order valence-electron chi connectivity index (χ4n) is 2.44. The molecule has 1 aromatic carbocycles. The van der Waals surface area contributed by atoms with Crippen molar-refractivity contribution in [3.05, 3.63) is 75.6 Å². The third kappa shape index (κ3) is 3.73. The smallest absolute Gasteiger partial charge is 0.416 e. The van der Waals surface area contributed by atoms with E-state index in [0.29, 0.717) is 12.1 Å². The summed E-state index contributed by atoms with van der Waals surface area (Å²) >= 11 is 0. The maximum atomic E-state index is 13.4. The summed E-state index contributed by atoms with van der Waals surface area (Å²) in [6.45, 7) is -0.429. The third-order valence-electron chi connectivity index (χ3n) is 3.69. The number of hydrogen-bond acceptors (Lipinski definition) is 4. The molecule has 140 valence electrons. The predicted molar refractivity (Wildman–Crippen MR) is 85.7 cm³/mol. The summed E-state index contributed by atoms with van der Waals surface area (Å²) < 4.78 is 52.5. The molecule has 0 fully saturated rings. The molecular weight excluding hydrogens is 370 g/mol. The standard InChI is InChI=1S/C17H11F4N3O3/c18-11-5-9(4-10(6-11)17(19,20)21)7-23-15(26)12-8-22-14-13(25)2-1-3-24(14)16(12)27/h1-6,8,25H,7H2,(H,23,26). The van der Waals surface area contributed by atoms with Crippen LogP contribution in [0.15, 0.2) is 47.5 Å². The zero-order valence-electron chi connectivity index (χ0n) is 13.4. The molecule has 0 bridgehead atoms. The minimum Gasteiger partial charge on any atom is -0.504 e. The van der Waals surface area contributed by atoms with Crippen molar-refractivity contribution in [3.8, 4) is 5.75 Å². The van der Waals surface area contributed by atoms with Crippen LogP contribution in [0.4, 0.5) is 17.6 Å². The molecule has 27 heavy (non-hydrogen) atoms. The van der Waals surface area contributed by atoms with Crippen LogP contribution in [0.3, 0.4) is 0 Å². The molecule has 3 aromatic rings. The molecule has 2 N–H and O–H groups in total. The zero-order chi connectivity index (χ0) is 19.8. The Kier molecular flexibility index (Phi) is 4.56. The van der Waals surface area contributed by atoms with Gasteiger partial charge in [0.25, 0.3) is 11.5 Å². The van der Waals surface area contributed by atoms with Crippen molar-refractivity contribution < 1.29 is 27.5 Å². The SMILES string of the molecule is O=C(NCc1cc(F)cc(C(F)(F)F)c1)c1cnc2c(O)cccn2c1=O. The second-order valence-corrected chi connectivity index (χ2v) is 5.59. The van der Waals surface area contributed by atoms with Crippen molar-refractivity contribution >= 4 is 11.6 Å². The molecule has 3 rings (SSSR count). The normalized spacial score (nSPS) is 11.6. The Morgan fingerprint density at radius 3 is 2.70 bits per heavy atom. The zero-order valence-corrected chi connectivity index (χ0v) is 13.4. The first-order valence-electron chi connectivity index (χ1n) is 7.51. The number of rotatable bonds is 3. The average Bonchev–Trinajstić information content (AvgIpc) is 2.59. The molecule has 1 amide bonds. The van der Waals surface area contributed by atoms with Crippen molar-refractivity contribution in [1.82, 2.24) is 14.7 Å². The monoisotopic (exact) mass is 381 g/mol. The van der Waals surface area contributed by atoms with E-state index in [9.17, 15) is 32.3 Å². The molecule has 0 aliphatic heterocycles. The number of fused-ring (bicyclic) bond motifs is 1. The van der Waals surface area contributed by atoms with Gasteiger partial charge in [0.15, 0.2) is 11.4 Å². The lowest BCUT2D eigenvalue weighted by Crippen LogP contribution is -2.31. The second kappa shape index (κ2) is 6.71. The van der Waals surface area contributed by atoms with Gasteiger partial charge in [-0.1, -0.05) is 0 Å². The van der Waals surface area contributed by atoms with Gasteiger partial charge in [0.2, 0.25) is 0 Å². The number of pyridine rings is 1. The topological polar surface area (TPSA) is 83.7 Å². The highest BCUT2D eigenvalue weighted by Crippen LogP contribution is 2.30. The van der Waals surface area contributed by atoms with Crippen molar-refractivity contribution in [2.75, 3.05) is 0 Å². The van der Waals surface area contributed by atoms with Gasteiger partial charge in [-0.25, -0.2) is 9.37 Å². The highest BCUT2D eigenvalue weighted by Gasteiger charge is 2.31. The van der Waals surface area contributed by atoms with Gasteiger partial charge in [-0.05, 0) is 35.9 Å². The van der Waals surface area contributed by atoms with E-state index < -0.39 is 35.6 Å². The van der Waals surface area contributed by atoms with E-state index >= 15 is 0 Å². The summed E-state index contributed by atoms with van der Waals surface area (Å²) in [5.41, 5.74) is -2.52. The Morgan fingerprint density at radius 1 is 1.26 bits per heavy atom. The number of halogens is 4. The number of carbonyl (C=O) groups is 1. The second-order valence-electron chi connectivity index (χ2n) is 5.59. The molecule has 0 aliphatic rings. The molecule has 0 spiro atoms. The fraction of sp³-hybridized carbons (Fsp3) is 0.118. The van der Waals surface area contributed by atoms with Gasteiger partial charge in [-0.3, -0.25) is 14.0 Å². The van der Waals surface area contributed by atoms with Crippen LogP contribution in [-0.4, -0.2) is 20.4 Å². The number of nitrogens with one attached hydrogen (secondary N) is 1. The Balaban J connectivity index is 1.85. The van der Waals surface area contributed by atoms with E-state index in [1.54, 1.807) is 0 Å². The predicted octanol–water partition coefficient (Wildman–Crippen LogP) is 2.49. The van der Waals surface area contributed by atoms with Crippen LogP contribution >= 0.6 is 0 Å². The number of benzene rings is 1. The molecule has 10 heteroatoms. The number of aromatic nitrogens is 2. The van der Waals surface area contributed by atoms with Gasteiger partial charge in [-0.15, -0.1) is 0 Å². The molecule has 0 atom stereocenters. The number of carbonyl (C=O) groups excluding carboxylic acids is 1. The lowest BCUT2D eigenvalue weighted by Gasteiger charge is -2.10. The van der Waals surface area contributed by atoms with E-state index in [-0.39, 0.29) is 22.5 Å². The van der Waals surface area contributed by atoms with Gasteiger partial charge in [-0.2, -0.15) is 13.2 Å². The summed E-state index contributed by atoms with van der Waals surface area (Å²) in [5, 5.41) is 11.9. The molecule has 0 radical (unpaired) electrons. The quantitative estimate of drug-likeness (QED) is 0.683. The summed E-state index contributed by atoms with van der Waals surface area (Å²) in [6, 6.07) is 4.58. The Bertz CT molecular complexity index is 1090. The van der Waals surface area contributed by atoms with Crippen molar-refractivity contribution in [1.29, 1.82) is 0 Å². The van der Waals surface area contributed by atoms with E-state index in [1.165, 1.54) is 18.3 Å². The first-order chi connectivity index (χ1) is 12.7. The molecule has 0 saturated heterocycles. The number of aromatic hydroxyl groups is 1. The largest absolute Gasteiger partial charge is 0.504 e. The van der Waals surface area contributed by atoms with Crippen molar-refractivity contribution in [3.63, 3.8) is 0 Å². The first-order valence-corrected chi connectivity index (χ1v) is 7.51. The van der Waals surface area contributed by atoms with Crippen molar-refractivity contribution in [2.24, 2.45) is 0 Å². The van der Waals surface area contributed by atoms with Crippen LogP contribution in [0.25, 0.3) is 5.65 Å². The fourth-order valence-corrected chi connectivity index (χ4v) is 2.44. The van der Waals surface area contributed by atoms with Crippen LogP contribution in [0.2, 0.25) is 0 Å². The minimum absolute atomic E-state index is 0.0565. The summed E-state index contributed by atoms with van der Waals surface area (Å²) in [5.74, 6) is -2.26. The third-order valence-corrected chi connectivity index (χ3v) is 3.69. The summed E-state index contributed by atoms with van der Waals surface area (Å²) in [4.78, 5) is 28.3. The maximum absolute atomic E-state index is 13.4. The Morgan fingerprint density at radius 2 is 2.00 bits per heavy atom. The van der Waals surface area contributed by atoms with Gasteiger partial charge in [0, 0.05) is 18.9 Å². The van der Waals surface area contributed by atoms with Gasteiger partial charge < -0.3 is 10.4 Å². The maximum Gasteiger partial charge on any atom is 0.416 e. The summed E-state index contributed by atoms with van der Waals surface area (Å²) in [7, 11) is 0. The van der Waals surface area contributed by atoms with Crippen molar-refractivity contribution in [2.45, 2.75) is 12.7 Å². The number of hydrogen-bond donors (Lipinski definition) is 2. The molecule has 2 aromatic heterocycles. The first kappa shape index (κ1) is 18.4. The van der Waals surface area contributed by atoms with E-state index in [4.69, 9.17) is 0 Å². The minimum atomic E-state index is -4.73. The van der Waals surface area contributed by atoms with Crippen LogP contribution < -0.4 is 10.9 Å². The molecule has 0 unspecified atom stereocenters. The van der Waals surface area contributed by atoms with E-state index in [0.717, 1.165) is 16.7 Å². The van der Waals surface area contributed by atoms with Gasteiger partial charge in [0.1, 0.15) is 11.4 Å². The Labute approximate surface area is 148 Å². The molecule has 0 saturated carbocycles. The summed E-state index contributed by atoms with van der Waals surface area (Å²) in [6.07, 6.45) is -2.49.